The van der Waals surface area contributed by atoms with Gasteiger partial charge in [0.2, 0.25) is 0 Å². The van der Waals surface area contributed by atoms with Crippen LogP contribution >= 0.6 is 0 Å². The first-order chi connectivity index (χ1) is 12.8. The number of nitro benzene ring substituents is 1. The predicted octanol–water partition coefficient (Wildman–Crippen LogP) is 3.73. The first kappa shape index (κ1) is 18.1. The Morgan fingerprint density at radius 1 is 1.15 bits per heavy atom. The molecule has 0 spiro atoms. The Labute approximate surface area is 154 Å². The second-order valence-corrected chi connectivity index (χ2v) is 6.10. The number of nitrogens with zero attached hydrogens (tertiary/aromatic N) is 1. The molecule has 0 aliphatic heterocycles. The van der Waals surface area contributed by atoms with Crippen molar-refractivity contribution in [2.45, 2.75) is 13.8 Å². The van der Waals surface area contributed by atoms with Crippen LogP contribution in [-0.4, -0.2) is 28.9 Å². The minimum Gasteiger partial charge on any atom is -0.465 e. The van der Waals surface area contributed by atoms with Crippen molar-refractivity contribution in [3.05, 3.63) is 68.9 Å². The molecule has 0 aliphatic rings. The molecule has 0 unspecified atom stereocenters. The first-order valence-electron chi connectivity index (χ1n) is 8.08. The number of fused-ring (bicyclic) bond motifs is 1. The van der Waals surface area contributed by atoms with E-state index in [4.69, 9.17) is 4.74 Å². The van der Waals surface area contributed by atoms with Crippen molar-refractivity contribution < 1.29 is 19.2 Å². The minimum atomic E-state index is -0.514. The van der Waals surface area contributed by atoms with Crippen LogP contribution in [0.15, 0.2) is 36.5 Å². The Morgan fingerprint density at radius 3 is 2.56 bits per heavy atom. The Kier molecular flexibility index (Phi) is 4.64. The van der Waals surface area contributed by atoms with E-state index in [1.54, 1.807) is 25.1 Å². The Morgan fingerprint density at radius 2 is 1.89 bits per heavy atom. The van der Waals surface area contributed by atoms with Gasteiger partial charge in [-0.15, -0.1) is 0 Å². The maximum atomic E-state index is 12.7. The van der Waals surface area contributed by atoms with E-state index in [9.17, 15) is 19.7 Å². The van der Waals surface area contributed by atoms with Gasteiger partial charge in [0.05, 0.1) is 23.2 Å². The van der Waals surface area contributed by atoms with Gasteiger partial charge < -0.3 is 15.0 Å². The number of amides is 1. The smallest absolute Gasteiger partial charge is 0.338 e. The third kappa shape index (κ3) is 3.37. The van der Waals surface area contributed by atoms with Gasteiger partial charge in [-0.05, 0) is 43.2 Å². The summed E-state index contributed by atoms with van der Waals surface area (Å²) in [6.45, 7) is 3.62. The lowest BCUT2D eigenvalue weighted by molar-refractivity contribution is -0.384. The number of carbonyl (C=O) groups is 2. The van der Waals surface area contributed by atoms with Crippen molar-refractivity contribution in [3.63, 3.8) is 0 Å². The highest BCUT2D eigenvalue weighted by atomic mass is 16.6. The number of hydrogen-bond acceptors (Lipinski definition) is 5. The Bertz CT molecular complexity index is 1080. The van der Waals surface area contributed by atoms with E-state index in [1.807, 2.05) is 6.92 Å². The number of esters is 1. The standard InChI is InChI=1S/C19H17N3O5/c1-10-6-12(7-14(11(10)2)19(24)27-3)21-18(23)16-9-20-17-5-4-13(22(25)26)8-15(16)17/h4-9,20H,1-3H3,(H,21,23). The van der Waals surface area contributed by atoms with Crippen molar-refractivity contribution in [2.75, 3.05) is 12.4 Å². The number of ether oxygens (including phenoxy) is 1. The molecule has 3 rings (SSSR count). The molecule has 0 atom stereocenters. The van der Waals surface area contributed by atoms with E-state index in [1.165, 1.54) is 25.4 Å². The van der Waals surface area contributed by atoms with E-state index < -0.39 is 16.8 Å². The van der Waals surface area contributed by atoms with Gasteiger partial charge in [0, 0.05) is 34.9 Å². The van der Waals surface area contributed by atoms with Gasteiger partial charge in [0.15, 0.2) is 0 Å². The molecule has 0 radical (unpaired) electrons. The summed E-state index contributed by atoms with van der Waals surface area (Å²) in [5, 5.41) is 14.2. The van der Waals surface area contributed by atoms with Crippen molar-refractivity contribution in [3.8, 4) is 0 Å². The summed E-state index contributed by atoms with van der Waals surface area (Å²) in [6.07, 6.45) is 1.49. The zero-order valence-corrected chi connectivity index (χ0v) is 15.0. The number of benzene rings is 2. The monoisotopic (exact) mass is 367 g/mol. The number of methoxy groups -OCH3 is 1. The molecule has 0 bridgehead atoms. The van der Waals surface area contributed by atoms with Crippen LogP contribution in [0.2, 0.25) is 0 Å². The molecule has 2 aromatic carbocycles. The summed E-state index contributed by atoms with van der Waals surface area (Å²) in [5.41, 5.74) is 3.17. The second-order valence-electron chi connectivity index (χ2n) is 6.10. The van der Waals surface area contributed by atoms with Gasteiger partial charge >= 0.3 is 5.97 Å². The van der Waals surface area contributed by atoms with Gasteiger partial charge in [-0.25, -0.2) is 4.79 Å². The number of H-pyrrole nitrogens is 1. The molecule has 0 saturated heterocycles. The average molecular weight is 367 g/mol. The molecule has 1 heterocycles. The van der Waals surface area contributed by atoms with Crippen molar-refractivity contribution in [1.82, 2.24) is 4.98 Å². The summed E-state index contributed by atoms with van der Waals surface area (Å²) in [7, 11) is 1.29. The number of hydrogen-bond donors (Lipinski definition) is 2. The first-order valence-corrected chi connectivity index (χ1v) is 8.08. The van der Waals surface area contributed by atoms with E-state index in [2.05, 4.69) is 10.3 Å². The van der Waals surface area contributed by atoms with Crippen LogP contribution in [0.1, 0.15) is 31.8 Å². The number of nitrogens with one attached hydrogen (secondary N) is 2. The van der Waals surface area contributed by atoms with Gasteiger partial charge in [-0.3, -0.25) is 14.9 Å². The van der Waals surface area contributed by atoms with E-state index in [0.29, 0.717) is 22.2 Å². The molecule has 0 saturated carbocycles. The second kappa shape index (κ2) is 6.91. The molecule has 8 nitrogen and oxygen atoms in total. The Balaban J connectivity index is 1.97. The van der Waals surface area contributed by atoms with Gasteiger partial charge in [-0.2, -0.15) is 0 Å². The largest absolute Gasteiger partial charge is 0.465 e. The normalized spacial score (nSPS) is 10.6. The SMILES string of the molecule is COC(=O)c1cc(NC(=O)c2c[nH]c3ccc([N+](=O)[O-])cc23)cc(C)c1C. The van der Waals surface area contributed by atoms with Crippen LogP contribution in [0.4, 0.5) is 11.4 Å². The summed E-state index contributed by atoms with van der Waals surface area (Å²) in [4.78, 5) is 38.0. The maximum absolute atomic E-state index is 12.7. The van der Waals surface area contributed by atoms with Crippen LogP contribution in [0.25, 0.3) is 10.9 Å². The quantitative estimate of drug-likeness (QED) is 0.414. The lowest BCUT2D eigenvalue weighted by atomic mass is 10.0. The van der Waals surface area contributed by atoms with Crippen LogP contribution < -0.4 is 5.32 Å². The molecule has 1 aromatic heterocycles. The third-order valence-electron chi connectivity index (χ3n) is 4.45. The highest BCUT2D eigenvalue weighted by molar-refractivity contribution is 6.13. The number of anilines is 1. The number of carbonyl (C=O) groups excluding carboxylic acids is 2. The van der Waals surface area contributed by atoms with Crippen molar-refractivity contribution >= 4 is 34.2 Å². The number of aromatic amines is 1. The predicted molar refractivity (Wildman–Crippen MR) is 100 cm³/mol. The van der Waals surface area contributed by atoms with Crippen molar-refractivity contribution in [2.24, 2.45) is 0 Å². The number of non-ortho nitro benzene ring substituents is 1. The lowest BCUT2D eigenvalue weighted by Crippen LogP contribution is -2.13. The number of nitro groups is 1. The van der Waals surface area contributed by atoms with Crippen LogP contribution in [0, 0.1) is 24.0 Å². The lowest BCUT2D eigenvalue weighted by Gasteiger charge is -2.11. The third-order valence-corrected chi connectivity index (χ3v) is 4.45. The zero-order chi connectivity index (χ0) is 19.7. The summed E-state index contributed by atoms with van der Waals surface area (Å²) in [5.74, 6) is -0.935. The number of rotatable bonds is 4. The molecule has 0 aliphatic carbocycles. The molecule has 8 heteroatoms. The van der Waals surface area contributed by atoms with E-state index >= 15 is 0 Å². The molecule has 1 amide bonds. The fourth-order valence-electron chi connectivity index (χ4n) is 2.86. The van der Waals surface area contributed by atoms with Gasteiger partial charge in [0.25, 0.3) is 11.6 Å². The highest BCUT2D eigenvalue weighted by Gasteiger charge is 2.18. The fraction of sp³-hybridized carbons (Fsp3) is 0.158. The number of aryl methyl sites for hydroxylation is 1. The molecular formula is C19H17N3O5. The molecule has 2 N–H and O–H groups in total. The summed E-state index contributed by atoms with van der Waals surface area (Å²) < 4.78 is 4.78. The van der Waals surface area contributed by atoms with Crippen LogP contribution in [0.5, 0.6) is 0 Å². The van der Waals surface area contributed by atoms with Crippen LogP contribution in [-0.2, 0) is 4.74 Å². The maximum Gasteiger partial charge on any atom is 0.338 e. The Hall–Kier alpha value is -3.68. The average Bonchev–Trinajstić information content (AvgIpc) is 3.07. The molecule has 0 fully saturated rings. The fourth-order valence-corrected chi connectivity index (χ4v) is 2.86. The van der Waals surface area contributed by atoms with Gasteiger partial charge in [-0.1, -0.05) is 0 Å². The highest BCUT2D eigenvalue weighted by Crippen LogP contribution is 2.26. The molecule has 3 aromatic rings. The van der Waals surface area contributed by atoms with Crippen LogP contribution in [0.3, 0.4) is 0 Å². The number of aromatic nitrogens is 1. The van der Waals surface area contributed by atoms with E-state index in [0.717, 1.165) is 11.1 Å². The molecule has 138 valence electrons. The van der Waals surface area contributed by atoms with Gasteiger partial charge in [0.1, 0.15) is 0 Å². The van der Waals surface area contributed by atoms with E-state index in [-0.39, 0.29) is 11.3 Å². The summed E-state index contributed by atoms with van der Waals surface area (Å²) in [6, 6.07) is 7.56. The molecule has 27 heavy (non-hydrogen) atoms. The van der Waals surface area contributed by atoms with Crippen molar-refractivity contribution in [1.29, 1.82) is 0 Å². The summed E-state index contributed by atoms with van der Waals surface area (Å²) >= 11 is 0. The zero-order valence-electron chi connectivity index (χ0n) is 15.0. The minimum absolute atomic E-state index is 0.102. The topological polar surface area (TPSA) is 114 Å². The molecular weight excluding hydrogens is 350 g/mol.